The Bertz CT molecular complexity index is 1260. The van der Waals surface area contributed by atoms with E-state index < -0.39 is 21.9 Å². The average Bonchev–Trinajstić information content (AvgIpc) is 2.74. The third-order valence-electron chi connectivity index (χ3n) is 4.49. The molecule has 0 spiro atoms. The zero-order chi connectivity index (χ0) is 23.3. The van der Waals surface area contributed by atoms with Gasteiger partial charge in [0.25, 0.3) is 15.9 Å². The Labute approximate surface area is 191 Å². The Morgan fingerprint density at radius 1 is 0.969 bits per heavy atom. The van der Waals surface area contributed by atoms with Gasteiger partial charge in [0.1, 0.15) is 0 Å². The normalized spacial score (nSPS) is 11.0. The molecule has 0 radical (unpaired) electrons. The Morgan fingerprint density at radius 2 is 1.69 bits per heavy atom. The second-order valence-electron chi connectivity index (χ2n) is 6.82. The van der Waals surface area contributed by atoms with Crippen LogP contribution in [0.1, 0.15) is 33.2 Å². The monoisotopic (exact) mass is 472 g/mol. The second kappa shape index (κ2) is 9.84. The van der Waals surface area contributed by atoms with E-state index in [1.54, 1.807) is 50.2 Å². The number of benzene rings is 3. The number of hydrogen-bond acceptors (Lipinski definition) is 5. The lowest BCUT2D eigenvalue weighted by molar-refractivity contribution is 0.0526. The van der Waals surface area contributed by atoms with Crippen molar-refractivity contribution in [2.45, 2.75) is 18.7 Å². The molecule has 32 heavy (non-hydrogen) atoms. The van der Waals surface area contributed by atoms with E-state index in [9.17, 15) is 18.0 Å². The van der Waals surface area contributed by atoms with Crippen LogP contribution in [0.3, 0.4) is 0 Å². The average molecular weight is 473 g/mol. The van der Waals surface area contributed by atoms with Gasteiger partial charge >= 0.3 is 5.97 Å². The van der Waals surface area contributed by atoms with E-state index in [0.717, 1.165) is 0 Å². The topological polar surface area (TPSA) is 102 Å². The molecule has 0 aliphatic carbocycles. The first kappa shape index (κ1) is 23.3. The molecular formula is C23H21ClN2O5S. The lowest BCUT2D eigenvalue weighted by Gasteiger charge is -2.13. The van der Waals surface area contributed by atoms with Crippen molar-refractivity contribution in [3.8, 4) is 0 Å². The minimum Gasteiger partial charge on any atom is -0.462 e. The molecule has 0 aliphatic rings. The summed E-state index contributed by atoms with van der Waals surface area (Å²) in [5, 5.41) is 2.78. The molecule has 0 aromatic heterocycles. The lowest BCUT2D eigenvalue weighted by atomic mass is 10.1. The van der Waals surface area contributed by atoms with E-state index >= 15 is 0 Å². The Hall–Kier alpha value is -3.36. The van der Waals surface area contributed by atoms with Gasteiger partial charge in [0.05, 0.1) is 22.1 Å². The molecule has 0 bridgehead atoms. The highest BCUT2D eigenvalue weighted by molar-refractivity contribution is 7.92. The summed E-state index contributed by atoms with van der Waals surface area (Å²) in [6.07, 6.45) is 0. The highest BCUT2D eigenvalue weighted by Crippen LogP contribution is 2.24. The number of nitrogens with one attached hydrogen (secondary N) is 2. The second-order valence-corrected chi connectivity index (χ2v) is 8.88. The summed E-state index contributed by atoms with van der Waals surface area (Å²) < 4.78 is 33.1. The van der Waals surface area contributed by atoms with E-state index in [0.29, 0.717) is 16.9 Å². The molecule has 0 aliphatic heterocycles. The number of esters is 1. The number of rotatable bonds is 7. The first-order valence-electron chi connectivity index (χ1n) is 9.68. The van der Waals surface area contributed by atoms with Crippen molar-refractivity contribution in [1.82, 2.24) is 0 Å². The fraction of sp³-hybridized carbons (Fsp3) is 0.130. The van der Waals surface area contributed by atoms with E-state index in [1.807, 2.05) is 0 Å². The summed E-state index contributed by atoms with van der Waals surface area (Å²) in [6.45, 7) is 3.55. The van der Waals surface area contributed by atoms with Gasteiger partial charge in [-0.1, -0.05) is 35.9 Å². The van der Waals surface area contributed by atoms with Gasteiger partial charge in [-0.05, 0) is 61.9 Å². The smallest absolute Gasteiger partial charge is 0.339 e. The standard InChI is InChI=1S/C23H21ClN2O5S/c1-3-31-23(28)19-12-11-18(14-20(19)24)25-22(27)16-10-9-15(2)21(13-16)32(29,30)26-17-7-5-4-6-8-17/h4-14,26H,3H2,1-2H3,(H,25,27). The molecule has 1 amide bonds. The van der Waals surface area contributed by atoms with Gasteiger partial charge in [-0.25, -0.2) is 13.2 Å². The van der Waals surface area contributed by atoms with Crippen molar-refractivity contribution in [2.24, 2.45) is 0 Å². The fourth-order valence-corrected chi connectivity index (χ4v) is 4.51. The van der Waals surface area contributed by atoms with Crippen LogP contribution in [0.25, 0.3) is 0 Å². The van der Waals surface area contributed by atoms with E-state index in [1.165, 1.54) is 30.3 Å². The summed E-state index contributed by atoms with van der Waals surface area (Å²) in [7, 11) is -3.90. The van der Waals surface area contributed by atoms with Gasteiger partial charge < -0.3 is 10.1 Å². The molecule has 166 valence electrons. The number of hydrogen-bond donors (Lipinski definition) is 2. The highest BCUT2D eigenvalue weighted by atomic mass is 35.5. The molecular weight excluding hydrogens is 452 g/mol. The third-order valence-corrected chi connectivity index (χ3v) is 6.32. The third kappa shape index (κ3) is 5.46. The van der Waals surface area contributed by atoms with E-state index in [2.05, 4.69) is 10.0 Å². The van der Waals surface area contributed by atoms with Gasteiger partial charge in [-0.2, -0.15) is 0 Å². The molecule has 3 aromatic rings. The number of carbonyl (C=O) groups is 2. The first-order chi connectivity index (χ1) is 15.2. The maximum absolute atomic E-state index is 12.9. The van der Waals surface area contributed by atoms with Crippen LogP contribution in [-0.2, 0) is 14.8 Å². The van der Waals surface area contributed by atoms with Crippen LogP contribution in [0, 0.1) is 6.92 Å². The maximum atomic E-state index is 12.9. The van der Waals surface area contributed by atoms with Crippen LogP contribution < -0.4 is 10.0 Å². The molecule has 9 heteroatoms. The van der Waals surface area contributed by atoms with Gasteiger partial charge in [0.2, 0.25) is 0 Å². The number of para-hydroxylation sites is 1. The number of sulfonamides is 1. The maximum Gasteiger partial charge on any atom is 0.339 e. The molecule has 2 N–H and O–H groups in total. The van der Waals surface area contributed by atoms with Crippen LogP contribution in [-0.4, -0.2) is 26.9 Å². The molecule has 3 aromatic carbocycles. The van der Waals surface area contributed by atoms with Gasteiger partial charge in [0.15, 0.2) is 0 Å². The summed E-state index contributed by atoms with van der Waals surface area (Å²) >= 11 is 6.13. The minimum absolute atomic E-state index is 0.00954. The van der Waals surface area contributed by atoms with Gasteiger partial charge in [0, 0.05) is 16.9 Å². The van der Waals surface area contributed by atoms with Crippen molar-refractivity contribution < 1.29 is 22.7 Å². The molecule has 0 saturated heterocycles. The highest BCUT2D eigenvalue weighted by Gasteiger charge is 2.20. The number of ether oxygens (including phenoxy) is 1. The molecule has 0 saturated carbocycles. The quantitative estimate of drug-likeness (QED) is 0.477. The zero-order valence-corrected chi connectivity index (χ0v) is 19.0. The Balaban J connectivity index is 1.82. The van der Waals surface area contributed by atoms with E-state index in [4.69, 9.17) is 16.3 Å². The van der Waals surface area contributed by atoms with Crippen molar-refractivity contribution in [1.29, 1.82) is 0 Å². The predicted molar refractivity (Wildman–Crippen MR) is 124 cm³/mol. The molecule has 0 fully saturated rings. The summed E-state index contributed by atoms with van der Waals surface area (Å²) in [6, 6.07) is 17.3. The zero-order valence-electron chi connectivity index (χ0n) is 17.4. The van der Waals surface area contributed by atoms with Crippen molar-refractivity contribution in [3.63, 3.8) is 0 Å². The van der Waals surface area contributed by atoms with Crippen LogP contribution in [0.2, 0.25) is 5.02 Å². The summed E-state index contributed by atoms with van der Waals surface area (Å²) in [5.74, 6) is -1.09. The number of halogens is 1. The fourth-order valence-electron chi connectivity index (χ4n) is 2.92. The van der Waals surface area contributed by atoms with Crippen LogP contribution in [0.5, 0.6) is 0 Å². The van der Waals surface area contributed by atoms with Gasteiger partial charge in [-0.15, -0.1) is 0 Å². The Morgan fingerprint density at radius 3 is 2.34 bits per heavy atom. The van der Waals surface area contributed by atoms with Crippen molar-refractivity contribution in [2.75, 3.05) is 16.6 Å². The van der Waals surface area contributed by atoms with Crippen LogP contribution >= 0.6 is 11.6 Å². The molecule has 3 rings (SSSR count). The van der Waals surface area contributed by atoms with Crippen molar-refractivity contribution in [3.05, 3.63) is 88.4 Å². The number of amides is 1. The van der Waals surface area contributed by atoms with E-state index in [-0.39, 0.29) is 27.7 Å². The summed E-state index contributed by atoms with van der Waals surface area (Å²) in [5.41, 5.74) is 1.59. The largest absolute Gasteiger partial charge is 0.462 e. The van der Waals surface area contributed by atoms with Crippen LogP contribution in [0.15, 0.2) is 71.6 Å². The minimum atomic E-state index is -3.90. The van der Waals surface area contributed by atoms with Crippen molar-refractivity contribution >= 4 is 44.9 Å². The molecule has 0 atom stereocenters. The number of carbonyl (C=O) groups excluding carboxylic acids is 2. The molecule has 0 unspecified atom stereocenters. The number of anilines is 2. The number of aryl methyl sites for hydroxylation is 1. The Kier molecular flexibility index (Phi) is 7.17. The van der Waals surface area contributed by atoms with Crippen LogP contribution in [0.4, 0.5) is 11.4 Å². The SMILES string of the molecule is CCOC(=O)c1ccc(NC(=O)c2ccc(C)c(S(=O)(=O)Nc3ccccc3)c2)cc1Cl. The lowest BCUT2D eigenvalue weighted by Crippen LogP contribution is -2.17. The molecule has 0 heterocycles. The summed E-state index contributed by atoms with van der Waals surface area (Å²) in [4.78, 5) is 24.6. The first-order valence-corrected chi connectivity index (χ1v) is 11.5. The molecule has 7 nitrogen and oxygen atoms in total. The predicted octanol–water partition coefficient (Wildman–Crippen LogP) is 4.88. The van der Waals surface area contributed by atoms with Gasteiger partial charge in [-0.3, -0.25) is 9.52 Å².